The molecule has 5 nitrogen and oxygen atoms in total. The third kappa shape index (κ3) is 6.14. The van der Waals surface area contributed by atoms with Gasteiger partial charge in [0.05, 0.1) is 19.9 Å². The zero-order valence-electron chi connectivity index (χ0n) is 13.1. The van der Waals surface area contributed by atoms with E-state index in [1.165, 1.54) is 13.3 Å². The smallest absolute Gasteiger partial charge is 0.427 e. The van der Waals surface area contributed by atoms with E-state index in [1.807, 2.05) is 48.5 Å². The number of carbonyl (C=O) groups is 1. The van der Waals surface area contributed by atoms with Gasteiger partial charge in [-0.25, -0.2) is 10.2 Å². The maximum absolute atomic E-state index is 11.0. The van der Waals surface area contributed by atoms with Gasteiger partial charge in [-0.1, -0.05) is 23.7 Å². The van der Waals surface area contributed by atoms with Crippen LogP contribution in [-0.4, -0.2) is 31.8 Å². The van der Waals surface area contributed by atoms with Crippen LogP contribution in [0.15, 0.2) is 58.5 Å². The van der Waals surface area contributed by atoms with E-state index in [-0.39, 0.29) is 0 Å². The zero-order chi connectivity index (χ0) is 17.2. The fraction of sp³-hybridized carbons (Fsp3) is 0.176. The van der Waals surface area contributed by atoms with E-state index in [1.54, 1.807) is 11.8 Å². The normalized spacial score (nSPS) is 10.6. The molecule has 0 saturated heterocycles. The summed E-state index contributed by atoms with van der Waals surface area (Å²) in [6, 6.07) is 15.1. The molecule has 0 radical (unpaired) electrons. The van der Waals surface area contributed by atoms with Crippen molar-refractivity contribution in [2.45, 2.75) is 4.90 Å². The lowest BCUT2D eigenvalue weighted by Gasteiger charge is -2.08. The van der Waals surface area contributed by atoms with Crippen LogP contribution < -0.4 is 10.2 Å². The highest BCUT2D eigenvalue weighted by Crippen LogP contribution is 2.21. The van der Waals surface area contributed by atoms with Crippen molar-refractivity contribution in [1.82, 2.24) is 5.43 Å². The average molecular weight is 365 g/mol. The van der Waals surface area contributed by atoms with E-state index >= 15 is 0 Å². The molecule has 0 bridgehead atoms. The minimum atomic E-state index is -0.621. The molecule has 1 amide bonds. The van der Waals surface area contributed by atoms with Crippen LogP contribution in [0.5, 0.6) is 5.75 Å². The van der Waals surface area contributed by atoms with Crippen LogP contribution in [-0.2, 0) is 4.74 Å². The van der Waals surface area contributed by atoms with E-state index in [9.17, 15) is 4.79 Å². The summed E-state index contributed by atoms with van der Waals surface area (Å²) in [6.45, 7) is 0.544. The topological polar surface area (TPSA) is 59.9 Å². The van der Waals surface area contributed by atoms with Crippen molar-refractivity contribution in [2.24, 2.45) is 5.10 Å². The summed E-state index contributed by atoms with van der Waals surface area (Å²) in [6.07, 6.45) is 0.891. The van der Waals surface area contributed by atoms with Crippen LogP contribution in [0.1, 0.15) is 5.56 Å². The Balaban J connectivity index is 1.83. The number of hydrogen-bond acceptors (Lipinski definition) is 5. The number of halogens is 1. The van der Waals surface area contributed by atoms with Gasteiger partial charge in [-0.3, -0.25) is 0 Å². The van der Waals surface area contributed by atoms with Gasteiger partial charge >= 0.3 is 6.09 Å². The number of thioether (sulfide) groups is 1. The number of rotatable bonds is 7. The van der Waals surface area contributed by atoms with Crippen LogP contribution in [0.3, 0.4) is 0 Å². The summed E-state index contributed by atoms with van der Waals surface area (Å²) < 4.78 is 10.2. The maximum atomic E-state index is 11.0. The first-order valence-electron chi connectivity index (χ1n) is 7.16. The van der Waals surface area contributed by atoms with Crippen LogP contribution in [0.2, 0.25) is 5.02 Å². The van der Waals surface area contributed by atoms with Gasteiger partial charge in [-0.15, -0.1) is 11.8 Å². The minimum Gasteiger partial charge on any atom is -0.492 e. The molecular formula is C17H17ClN2O3S. The summed E-state index contributed by atoms with van der Waals surface area (Å²) in [7, 11) is 1.28. The molecule has 0 unspecified atom stereocenters. The molecule has 0 atom stereocenters. The number of carbonyl (C=O) groups excluding carboxylic acids is 1. The molecule has 0 fully saturated rings. The number of hydrazone groups is 1. The fourth-order valence-electron chi connectivity index (χ4n) is 1.76. The second-order valence-electron chi connectivity index (χ2n) is 4.55. The summed E-state index contributed by atoms with van der Waals surface area (Å²) in [5.74, 6) is 1.50. The van der Waals surface area contributed by atoms with Gasteiger partial charge in [0, 0.05) is 21.2 Å². The van der Waals surface area contributed by atoms with E-state index in [4.69, 9.17) is 16.3 Å². The molecule has 1 N–H and O–H groups in total. The standard InChI is InChI=1S/C17H17ClN2O3S/c1-22-17(21)20-19-12-13-4-2-3-5-16(13)23-10-11-24-15-8-6-14(18)7-9-15/h2-9,12H,10-11H2,1H3,(H,20,21). The predicted octanol–water partition coefficient (Wildman–Crippen LogP) is 4.20. The summed E-state index contributed by atoms with van der Waals surface area (Å²) in [5, 5.41) is 4.54. The Hall–Kier alpha value is -2.18. The molecule has 0 aliphatic rings. The minimum absolute atomic E-state index is 0.544. The lowest BCUT2D eigenvalue weighted by Crippen LogP contribution is -2.16. The van der Waals surface area contributed by atoms with Crippen molar-refractivity contribution >= 4 is 35.7 Å². The van der Waals surface area contributed by atoms with Crippen LogP contribution in [0.25, 0.3) is 0 Å². The Morgan fingerprint density at radius 2 is 2.00 bits per heavy atom. The summed E-state index contributed by atoms with van der Waals surface area (Å²) >= 11 is 7.55. The van der Waals surface area contributed by atoms with Crippen LogP contribution in [0, 0.1) is 0 Å². The van der Waals surface area contributed by atoms with Gasteiger partial charge in [0.25, 0.3) is 0 Å². The first kappa shape index (κ1) is 18.2. The highest BCUT2D eigenvalue weighted by molar-refractivity contribution is 7.99. The molecule has 0 aromatic heterocycles. The SMILES string of the molecule is COC(=O)NN=Cc1ccccc1OCCSc1ccc(Cl)cc1. The molecule has 2 aromatic rings. The highest BCUT2D eigenvalue weighted by Gasteiger charge is 2.02. The van der Waals surface area contributed by atoms with Gasteiger partial charge in [-0.2, -0.15) is 5.10 Å². The molecule has 0 saturated carbocycles. The number of hydrogen-bond donors (Lipinski definition) is 1. The Morgan fingerprint density at radius 3 is 2.75 bits per heavy atom. The van der Waals surface area contributed by atoms with Gasteiger partial charge < -0.3 is 9.47 Å². The first-order valence-corrected chi connectivity index (χ1v) is 8.52. The quantitative estimate of drug-likeness (QED) is 0.346. The predicted molar refractivity (Wildman–Crippen MR) is 97.2 cm³/mol. The number of ether oxygens (including phenoxy) is 2. The Kier molecular flexibility index (Phi) is 7.45. The second kappa shape index (κ2) is 9.85. The summed E-state index contributed by atoms with van der Waals surface area (Å²) in [4.78, 5) is 12.1. The fourth-order valence-corrected chi connectivity index (χ4v) is 2.62. The van der Waals surface area contributed by atoms with E-state index in [2.05, 4.69) is 15.3 Å². The van der Waals surface area contributed by atoms with Crippen molar-refractivity contribution in [2.75, 3.05) is 19.5 Å². The Bertz CT molecular complexity index is 692. The van der Waals surface area contributed by atoms with Gasteiger partial charge in [0.2, 0.25) is 0 Å². The molecule has 0 spiro atoms. The van der Waals surface area contributed by atoms with Crippen molar-refractivity contribution in [1.29, 1.82) is 0 Å². The molecule has 24 heavy (non-hydrogen) atoms. The number of amides is 1. The number of nitrogens with one attached hydrogen (secondary N) is 1. The van der Waals surface area contributed by atoms with Gasteiger partial charge in [0.15, 0.2) is 0 Å². The monoisotopic (exact) mass is 364 g/mol. The zero-order valence-corrected chi connectivity index (χ0v) is 14.6. The average Bonchev–Trinajstić information content (AvgIpc) is 2.61. The highest BCUT2D eigenvalue weighted by atomic mass is 35.5. The van der Waals surface area contributed by atoms with E-state index < -0.39 is 6.09 Å². The number of methoxy groups -OCH3 is 1. The number of nitrogens with zero attached hydrogens (tertiary/aromatic N) is 1. The Labute approximate surface area is 150 Å². The lowest BCUT2D eigenvalue weighted by molar-refractivity contribution is 0.171. The molecule has 2 aromatic carbocycles. The molecule has 2 rings (SSSR count). The van der Waals surface area contributed by atoms with E-state index in [0.717, 1.165) is 21.2 Å². The van der Waals surface area contributed by atoms with Crippen LogP contribution >= 0.6 is 23.4 Å². The second-order valence-corrected chi connectivity index (χ2v) is 6.16. The van der Waals surface area contributed by atoms with Crippen molar-refractivity contribution in [3.05, 3.63) is 59.1 Å². The molecule has 0 aliphatic carbocycles. The van der Waals surface area contributed by atoms with Crippen molar-refractivity contribution in [3.8, 4) is 5.75 Å². The van der Waals surface area contributed by atoms with Crippen LogP contribution in [0.4, 0.5) is 4.79 Å². The van der Waals surface area contributed by atoms with Crippen molar-refractivity contribution < 1.29 is 14.3 Å². The first-order chi connectivity index (χ1) is 11.7. The number of para-hydroxylation sites is 1. The molecule has 7 heteroatoms. The van der Waals surface area contributed by atoms with Gasteiger partial charge in [0.1, 0.15) is 5.75 Å². The Morgan fingerprint density at radius 1 is 1.25 bits per heavy atom. The van der Waals surface area contributed by atoms with E-state index in [0.29, 0.717) is 12.4 Å². The third-order valence-corrected chi connectivity index (χ3v) is 4.12. The molecular weight excluding hydrogens is 348 g/mol. The molecule has 0 heterocycles. The third-order valence-electron chi connectivity index (χ3n) is 2.89. The van der Waals surface area contributed by atoms with Gasteiger partial charge in [-0.05, 0) is 36.4 Å². The molecule has 126 valence electrons. The number of benzene rings is 2. The largest absolute Gasteiger partial charge is 0.492 e. The maximum Gasteiger partial charge on any atom is 0.427 e. The lowest BCUT2D eigenvalue weighted by atomic mass is 10.2. The molecule has 0 aliphatic heterocycles. The van der Waals surface area contributed by atoms with Crippen molar-refractivity contribution in [3.63, 3.8) is 0 Å². The summed E-state index contributed by atoms with van der Waals surface area (Å²) in [5.41, 5.74) is 3.01.